The molecule has 9 heteroatoms. The van der Waals surface area contributed by atoms with E-state index in [9.17, 15) is 9.59 Å². The predicted octanol–water partition coefficient (Wildman–Crippen LogP) is 2.06. The average Bonchev–Trinajstić information content (AvgIpc) is 3.27. The largest absolute Gasteiger partial charge is 0.497 e. The van der Waals surface area contributed by atoms with Gasteiger partial charge in [0.25, 0.3) is 0 Å². The summed E-state index contributed by atoms with van der Waals surface area (Å²) in [6.45, 7) is 0. The lowest BCUT2D eigenvalue weighted by Gasteiger charge is -2.17. The molecule has 4 rings (SSSR count). The number of aryl methyl sites for hydroxylation is 1. The first-order valence-electron chi connectivity index (χ1n) is 9.50. The molecule has 1 aliphatic rings. The Kier molecular flexibility index (Phi) is 5.11. The summed E-state index contributed by atoms with van der Waals surface area (Å²) in [5, 5.41) is 4.17. The van der Waals surface area contributed by atoms with E-state index >= 15 is 0 Å². The van der Waals surface area contributed by atoms with Gasteiger partial charge in [0.1, 0.15) is 11.3 Å². The van der Waals surface area contributed by atoms with Gasteiger partial charge in [-0.1, -0.05) is 25.0 Å². The van der Waals surface area contributed by atoms with E-state index in [1.165, 1.54) is 15.3 Å². The van der Waals surface area contributed by atoms with Crippen LogP contribution >= 0.6 is 0 Å². The summed E-state index contributed by atoms with van der Waals surface area (Å²) < 4.78 is 8.02. The Labute approximate surface area is 166 Å². The van der Waals surface area contributed by atoms with Gasteiger partial charge in [-0.15, -0.1) is 0 Å². The van der Waals surface area contributed by atoms with Crippen molar-refractivity contribution < 1.29 is 4.74 Å². The molecule has 1 fully saturated rings. The van der Waals surface area contributed by atoms with Gasteiger partial charge in [-0.2, -0.15) is 10.1 Å². The molecule has 0 unspecified atom stereocenters. The van der Waals surface area contributed by atoms with E-state index in [0.717, 1.165) is 37.0 Å². The van der Waals surface area contributed by atoms with Crippen molar-refractivity contribution in [3.05, 3.63) is 56.7 Å². The molecule has 1 aliphatic carbocycles. The van der Waals surface area contributed by atoms with Crippen LogP contribution in [0.4, 0.5) is 5.95 Å². The van der Waals surface area contributed by atoms with Gasteiger partial charge in [0.05, 0.1) is 19.5 Å². The van der Waals surface area contributed by atoms with Crippen LogP contribution in [0.5, 0.6) is 5.75 Å². The van der Waals surface area contributed by atoms with E-state index in [2.05, 4.69) is 20.5 Å². The molecule has 150 valence electrons. The second-order valence-corrected chi connectivity index (χ2v) is 7.03. The van der Waals surface area contributed by atoms with Crippen molar-refractivity contribution >= 4 is 23.3 Å². The highest BCUT2D eigenvalue weighted by Crippen LogP contribution is 2.29. The first-order chi connectivity index (χ1) is 14.1. The number of aromatic nitrogens is 4. The van der Waals surface area contributed by atoms with Gasteiger partial charge in [0.2, 0.25) is 5.95 Å². The van der Waals surface area contributed by atoms with Crippen LogP contribution in [0.3, 0.4) is 0 Å². The number of ether oxygens (including phenoxy) is 1. The Morgan fingerprint density at radius 3 is 2.79 bits per heavy atom. The van der Waals surface area contributed by atoms with Crippen LogP contribution in [0, 0.1) is 0 Å². The normalized spacial score (nSPS) is 14.7. The summed E-state index contributed by atoms with van der Waals surface area (Å²) in [5.41, 5.74) is 3.50. The highest BCUT2D eigenvalue weighted by Gasteiger charge is 2.23. The predicted molar refractivity (Wildman–Crippen MR) is 111 cm³/mol. The van der Waals surface area contributed by atoms with Crippen LogP contribution in [-0.4, -0.2) is 32.4 Å². The lowest BCUT2D eigenvalue weighted by Crippen LogP contribution is -2.42. The Bertz CT molecular complexity index is 1190. The average molecular weight is 394 g/mol. The Hall–Kier alpha value is -3.49. The Morgan fingerprint density at radius 2 is 2.03 bits per heavy atom. The summed E-state index contributed by atoms with van der Waals surface area (Å²) in [6, 6.07) is 7.45. The molecule has 0 aliphatic heterocycles. The minimum Gasteiger partial charge on any atom is -0.497 e. The van der Waals surface area contributed by atoms with E-state index in [4.69, 9.17) is 4.74 Å². The van der Waals surface area contributed by atoms with Crippen molar-refractivity contribution in [3.63, 3.8) is 0 Å². The van der Waals surface area contributed by atoms with E-state index in [-0.39, 0.29) is 12.0 Å². The monoisotopic (exact) mass is 394 g/mol. The van der Waals surface area contributed by atoms with E-state index in [0.29, 0.717) is 11.2 Å². The van der Waals surface area contributed by atoms with Gasteiger partial charge < -0.3 is 9.30 Å². The molecular weight excluding hydrogens is 372 g/mol. The molecule has 0 bridgehead atoms. The van der Waals surface area contributed by atoms with Gasteiger partial charge in [-0.05, 0) is 30.5 Å². The first-order valence-corrected chi connectivity index (χ1v) is 9.50. The lowest BCUT2D eigenvalue weighted by molar-refractivity contribution is 0.415. The maximum atomic E-state index is 12.7. The van der Waals surface area contributed by atoms with Crippen LogP contribution in [-0.2, 0) is 7.05 Å². The fourth-order valence-corrected chi connectivity index (χ4v) is 3.67. The summed E-state index contributed by atoms with van der Waals surface area (Å²) >= 11 is 0. The van der Waals surface area contributed by atoms with Crippen LogP contribution in [0.25, 0.3) is 11.2 Å². The molecule has 0 atom stereocenters. The highest BCUT2D eigenvalue weighted by molar-refractivity contribution is 5.80. The van der Waals surface area contributed by atoms with Gasteiger partial charge in [0.15, 0.2) is 5.65 Å². The molecule has 1 N–H and O–H groups in total. The van der Waals surface area contributed by atoms with Gasteiger partial charge in [0, 0.05) is 13.1 Å². The molecular formula is C20H22N6O3. The number of hydrazone groups is 1. The molecule has 2 heterocycles. The number of fused-ring (bicyclic) bond motifs is 1. The summed E-state index contributed by atoms with van der Waals surface area (Å²) in [5.74, 6) is 0.985. The third-order valence-electron chi connectivity index (χ3n) is 5.21. The molecule has 0 amide bonds. The molecule has 29 heavy (non-hydrogen) atoms. The molecule has 3 aromatic rings. The van der Waals surface area contributed by atoms with Crippen molar-refractivity contribution in [1.29, 1.82) is 0 Å². The molecule has 2 aromatic heterocycles. The van der Waals surface area contributed by atoms with Crippen molar-refractivity contribution in [2.24, 2.45) is 12.1 Å². The van der Waals surface area contributed by atoms with Gasteiger partial charge in [-0.3, -0.25) is 14.2 Å². The third-order valence-corrected chi connectivity index (χ3v) is 5.21. The molecule has 0 radical (unpaired) electrons. The quantitative estimate of drug-likeness (QED) is 0.404. The second-order valence-electron chi connectivity index (χ2n) is 7.03. The molecule has 9 nitrogen and oxygen atoms in total. The highest BCUT2D eigenvalue weighted by atomic mass is 16.5. The SMILES string of the molecule is COc1cccc(/C=N/Nc2ncc3c(n2)n(C2CCCC2)c(=O)c(=O)n3C)c1. The number of benzene rings is 1. The minimum atomic E-state index is -0.565. The van der Waals surface area contributed by atoms with E-state index in [1.54, 1.807) is 20.4 Å². The number of hydrogen-bond acceptors (Lipinski definition) is 7. The van der Waals surface area contributed by atoms with Gasteiger partial charge >= 0.3 is 11.1 Å². The summed E-state index contributed by atoms with van der Waals surface area (Å²) in [4.78, 5) is 33.7. The zero-order valence-electron chi connectivity index (χ0n) is 16.3. The van der Waals surface area contributed by atoms with Crippen LogP contribution < -0.4 is 21.3 Å². The number of nitrogens with zero attached hydrogens (tertiary/aromatic N) is 5. The molecule has 1 aromatic carbocycles. The summed E-state index contributed by atoms with van der Waals surface area (Å²) in [7, 11) is 3.16. The zero-order chi connectivity index (χ0) is 20.4. The van der Waals surface area contributed by atoms with E-state index < -0.39 is 11.1 Å². The zero-order valence-corrected chi connectivity index (χ0v) is 16.3. The second kappa shape index (κ2) is 7.86. The Balaban J connectivity index is 1.70. The number of hydrogen-bond donors (Lipinski definition) is 1. The fraction of sp³-hybridized carbons (Fsp3) is 0.350. The van der Waals surface area contributed by atoms with Crippen molar-refractivity contribution in [2.45, 2.75) is 31.7 Å². The number of anilines is 1. The maximum Gasteiger partial charge on any atom is 0.318 e. The number of nitrogens with one attached hydrogen (secondary N) is 1. The summed E-state index contributed by atoms with van der Waals surface area (Å²) in [6.07, 6.45) is 6.97. The van der Waals surface area contributed by atoms with Gasteiger partial charge in [-0.25, -0.2) is 10.4 Å². The lowest BCUT2D eigenvalue weighted by atomic mass is 10.2. The first kappa shape index (κ1) is 18.9. The maximum absolute atomic E-state index is 12.7. The van der Waals surface area contributed by atoms with Crippen molar-refractivity contribution in [2.75, 3.05) is 12.5 Å². The topological polar surface area (TPSA) is 103 Å². The molecule has 1 saturated carbocycles. The van der Waals surface area contributed by atoms with E-state index in [1.807, 2.05) is 24.3 Å². The standard InChI is InChI=1S/C20H22N6O3/c1-25-16-12-21-20(24-22-11-13-6-5-9-15(10-13)29-2)23-17(16)26(19(28)18(25)27)14-7-3-4-8-14/h5-6,9-12,14H,3-4,7-8H2,1-2H3,(H,21,23,24)/b22-11+. The van der Waals surface area contributed by atoms with Crippen LogP contribution in [0.1, 0.15) is 37.3 Å². The Morgan fingerprint density at radius 1 is 1.24 bits per heavy atom. The van der Waals surface area contributed by atoms with Crippen molar-refractivity contribution in [1.82, 2.24) is 19.1 Å². The number of methoxy groups -OCH3 is 1. The van der Waals surface area contributed by atoms with Crippen LogP contribution in [0.15, 0.2) is 45.2 Å². The third kappa shape index (κ3) is 3.63. The molecule has 0 saturated heterocycles. The smallest absolute Gasteiger partial charge is 0.318 e. The number of rotatable bonds is 5. The molecule has 0 spiro atoms. The van der Waals surface area contributed by atoms with Crippen molar-refractivity contribution in [3.8, 4) is 5.75 Å². The van der Waals surface area contributed by atoms with Crippen LogP contribution in [0.2, 0.25) is 0 Å². The minimum absolute atomic E-state index is 0.0121. The fourth-order valence-electron chi connectivity index (χ4n) is 3.67.